The molecule has 0 bridgehead atoms. The number of hydrogen-bond donors (Lipinski definition) is 0. The largest absolute Gasteiger partial charge is 0.372 e. The van der Waals surface area contributed by atoms with E-state index in [0.717, 1.165) is 37.1 Å². The van der Waals surface area contributed by atoms with Crippen molar-refractivity contribution in [3.63, 3.8) is 0 Å². The van der Waals surface area contributed by atoms with Crippen molar-refractivity contribution < 1.29 is 0 Å². The highest BCUT2D eigenvalue weighted by Gasteiger charge is 2.20. The molecule has 0 saturated heterocycles. The minimum Gasteiger partial charge on any atom is -0.372 e. The van der Waals surface area contributed by atoms with Crippen LogP contribution in [0.1, 0.15) is 49.2 Å². The molecule has 3 rings (SSSR count). The summed E-state index contributed by atoms with van der Waals surface area (Å²) in [5, 5.41) is 0. The molecule has 2 aromatic rings. The number of nitrogens with zero attached hydrogens (tertiary/aromatic N) is 3. The van der Waals surface area contributed by atoms with Crippen LogP contribution in [0.5, 0.6) is 0 Å². The van der Waals surface area contributed by atoms with Crippen molar-refractivity contribution in [2.75, 3.05) is 25.0 Å². The number of rotatable bonds is 8. The van der Waals surface area contributed by atoms with Crippen molar-refractivity contribution in [1.82, 2.24) is 4.57 Å². The number of aromatic nitrogens is 1. The highest BCUT2D eigenvalue weighted by molar-refractivity contribution is 5.91. The van der Waals surface area contributed by atoms with Gasteiger partial charge in [0.05, 0.1) is 0 Å². The lowest BCUT2D eigenvalue weighted by Gasteiger charge is -2.22. The second kappa shape index (κ2) is 10.3. The summed E-state index contributed by atoms with van der Waals surface area (Å²) in [6.45, 7) is 15.3. The molecule has 162 valence electrons. The zero-order chi connectivity index (χ0) is 22.4. The molecule has 1 aromatic heterocycles. The third-order valence-electron chi connectivity index (χ3n) is 6.01. The van der Waals surface area contributed by atoms with Crippen LogP contribution in [0.15, 0.2) is 71.8 Å². The van der Waals surface area contributed by atoms with Crippen molar-refractivity contribution in [2.24, 2.45) is 4.99 Å². The van der Waals surface area contributed by atoms with Crippen LogP contribution in [0, 0.1) is 13.8 Å². The summed E-state index contributed by atoms with van der Waals surface area (Å²) in [6, 6.07) is 8.82. The highest BCUT2D eigenvalue weighted by atomic mass is 15.1. The number of aliphatic imine (C=N–C) groups is 1. The van der Waals surface area contributed by atoms with E-state index in [1.54, 1.807) is 0 Å². The predicted molar refractivity (Wildman–Crippen MR) is 137 cm³/mol. The standard InChI is InChI=1S/C28H35N3/c1-7-30(8-2)25-16-13-17-26(19-25)31-22(4)27(20-29-6)28(23(31)5)21(3)18-24-14-11-9-10-12-15-24/h9-11,13-17,19-20H,3,7-8,12,18H2,1-2,4-6H3. The summed E-state index contributed by atoms with van der Waals surface area (Å²) in [5.41, 5.74) is 9.66. The van der Waals surface area contributed by atoms with Crippen molar-refractivity contribution in [3.05, 3.63) is 89.3 Å². The van der Waals surface area contributed by atoms with Gasteiger partial charge in [-0.25, -0.2) is 0 Å². The maximum absolute atomic E-state index is 4.50. The van der Waals surface area contributed by atoms with Crippen molar-refractivity contribution in [3.8, 4) is 5.69 Å². The quantitative estimate of drug-likeness (QED) is 0.434. The third-order valence-corrected chi connectivity index (χ3v) is 6.01. The molecule has 1 heterocycles. The molecule has 1 aliphatic rings. The van der Waals surface area contributed by atoms with Crippen molar-refractivity contribution in [2.45, 2.75) is 40.5 Å². The van der Waals surface area contributed by atoms with Gasteiger partial charge in [-0.15, -0.1) is 0 Å². The zero-order valence-corrected chi connectivity index (χ0v) is 19.7. The Morgan fingerprint density at radius 3 is 2.65 bits per heavy atom. The van der Waals surface area contributed by atoms with E-state index < -0.39 is 0 Å². The molecule has 1 aliphatic carbocycles. The Labute approximate surface area is 187 Å². The molecule has 0 saturated carbocycles. The van der Waals surface area contributed by atoms with Gasteiger partial charge in [0.25, 0.3) is 0 Å². The van der Waals surface area contributed by atoms with Crippen LogP contribution in [0.2, 0.25) is 0 Å². The van der Waals surface area contributed by atoms with Crippen LogP contribution < -0.4 is 4.90 Å². The Kier molecular flexibility index (Phi) is 7.51. The summed E-state index contributed by atoms with van der Waals surface area (Å²) in [6.07, 6.45) is 14.7. The van der Waals surface area contributed by atoms with Crippen LogP contribution in [0.4, 0.5) is 5.69 Å². The van der Waals surface area contributed by atoms with Gasteiger partial charge in [0.2, 0.25) is 0 Å². The molecule has 0 amide bonds. The summed E-state index contributed by atoms with van der Waals surface area (Å²) >= 11 is 0. The fourth-order valence-electron chi connectivity index (χ4n) is 4.49. The average Bonchev–Trinajstić information content (AvgIpc) is 2.92. The summed E-state index contributed by atoms with van der Waals surface area (Å²) in [4.78, 5) is 6.75. The lowest BCUT2D eigenvalue weighted by molar-refractivity contribution is 0.863. The molecule has 0 N–H and O–H groups in total. The minimum atomic E-state index is 0.840. The Morgan fingerprint density at radius 2 is 1.94 bits per heavy atom. The molecular formula is C28H35N3. The van der Waals surface area contributed by atoms with Gasteiger partial charge >= 0.3 is 0 Å². The van der Waals surface area contributed by atoms with E-state index in [2.05, 4.69) is 103 Å². The fraction of sp³-hybridized carbons (Fsp3) is 0.321. The van der Waals surface area contributed by atoms with Crippen molar-refractivity contribution >= 4 is 17.5 Å². The van der Waals surface area contributed by atoms with Gasteiger partial charge in [-0.3, -0.25) is 4.99 Å². The fourth-order valence-corrected chi connectivity index (χ4v) is 4.49. The molecule has 0 atom stereocenters. The lowest BCUT2D eigenvalue weighted by Crippen LogP contribution is -2.21. The molecule has 0 aliphatic heterocycles. The first-order chi connectivity index (χ1) is 15.0. The third kappa shape index (κ3) is 4.82. The van der Waals surface area contributed by atoms with Crippen LogP contribution >= 0.6 is 0 Å². The topological polar surface area (TPSA) is 20.5 Å². The summed E-state index contributed by atoms with van der Waals surface area (Å²) in [5.74, 6) is 0. The van der Waals surface area contributed by atoms with E-state index in [1.165, 1.54) is 33.9 Å². The van der Waals surface area contributed by atoms with E-state index in [1.807, 2.05) is 13.3 Å². The normalized spacial score (nSPS) is 13.5. The maximum Gasteiger partial charge on any atom is 0.0476 e. The van der Waals surface area contributed by atoms with Gasteiger partial charge in [-0.2, -0.15) is 0 Å². The predicted octanol–water partition coefficient (Wildman–Crippen LogP) is 6.83. The van der Waals surface area contributed by atoms with Crippen LogP contribution in [0.25, 0.3) is 11.3 Å². The van der Waals surface area contributed by atoms with E-state index in [4.69, 9.17) is 0 Å². The van der Waals surface area contributed by atoms with Crippen LogP contribution in [-0.4, -0.2) is 30.9 Å². The molecule has 0 radical (unpaired) electrons. The maximum atomic E-state index is 4.50. The number of benzene rings is 1. The Balaban J connectivity index is 2.07. The van der Waals surface area contributed by atoms with Gasteiger partial charge in [-0.05, 0) is 69.9 Å². The molecule has 0 unspecified atom stereocenters. The van der Waals surface area contributed by atoms with E-state index in [-0.39, 0.29) is 0 Å². The number of allylic oxidation sites excluding steroid dienone is 7. The SMILES string of the molecule is C=C(CC1=CCC=CC=C1)c1c(C=NC)c(C)n(-c2cccc(N(CC)CC)c2)c1C. The second-order valence-corrected chi connectivity index (χ2v) is 7.96. The molecule has 0 spiro atoms. The monoisotopic (exact) mass is 413 g/mol. The summed E-state index contributed by atoms with van der Waals surface area (Å²) < 4.78 is 2.35. The molecule has 1 aromatic carbocycles. The summed E-state index contributed by atoms with van der Waals surface area (Å²) in [7, 11) is 1.84. The van der Waals surface area contributed by atoms with Crippen LogP contribution in [-0.2, 0) is 0 Å². The Bertz CT molecular complexity index is 1060. The van der Waals surface area contributed by atoms with Crippen molar-refractivity contribution in [1.29, 1.82) is 0 Å². The lowest BCUT2D eigenvalue weighted by atomic mass is 9.95. The molecular weight excluding hydrogens is 378 g/mol. The van der Waals surface area contributed by atoms with E-state index >= 15 is 0 Å². The van der Waals surface area contributed by atoms with Crippen LogP contribution in [0.3, 0.4) is 0 Å². The molecule has 31 heavy (non-hydrogen) atoms. The van der Waals surface area contributed by atoms with E-state index in [9.17, 15) is 0 Å². The number of anilines is 1. The first-order valence-electron chi connectivity index (χ1n) is 11.2. The average molecular weight is 414 g/mol. The molecule has 0 fully saturated rings. The minimum absolute atomic E-state index is 0.840. The van der Waals surface area contributed by atoms with Gasteiger partial charge in [0, 0.05) is 60.2 Å². The first kappa shape index (κ1) is 22.6. The van der Waals surface area contributed by atoms with E-state index in [0.29, 0.717) is 0 Å². The van der Waals surface area contributed by atoms with Gasteiger partial charge in [0.15, 0.2) is 0 Å². The van der Waals surface area contributed by atoms with Gasteiger partial charge in [0.1, 0.15) is 0 Å². The van der Waals surface area contributed by atoms with Gasteiger partial charge in [-0.1, -0.05) is 43.0 Å². The first-order valence-corrected chi connectivity index (χ1v) is 11.2. The number of hydrogen-bond acceptors (Lipinski definition) is 2. The zero-order valence-electron chi connectivity index (χ0n) is 19.7. The Hall–Kier alpha value is -3.07. The second-order valence-electron chi connectivity index (χ2n) is 7.96. The smallest absolute Gasteiger partial charge is 0.0476 e. The molecule has 3 nitrogen and oxygen atoms in total. The molecule has 3 heteroatoms. The van der Waals surface area contributed by atoms with Gasteiger partial charge < -0.3 is 9.47 Å². The highest BCUT2D eigenvalue weighted by Crippen LogP contribution is 2.34. The Morgan fingerprint density at radius 1 is 1.16 bits per heavy atom.